The molecule has 2 aromatic heterocycles. The predicted octanol–water partition coefficient (Wildman–Crippen LogP) is 4.69. The number of ether oxygens (including phenoxy) is 2. The molecule has 1 fully saturated rings. The van der Waals surface area contributed by atoms with Crippen molar-refractivity contribution in [3.8, 4) is 17.2 Å². The van der Waals surface area contributed by atoms with Gasteiger partial charge in [0.05, 0.1) is 22.3 Å². The third-order valence-electron chi connectivity index (χ3n) is 6.13. The van der Waals surface area contributed by atoms with Crippen molar-refractivity contribution in [1.29, 1.82) is 0 Å². The van der Waals surface area contributed by atoms with Gasteiger partial charge in [-0.3, -0.25) is 15.1 Å². The van der Waals surface area contributed by atoms with E-state index in [0.717, 1.165) is 17.1 Å². The number of non-ortho nitro benzene ring substituents is 1. The van der Waals surface area contributed by atoms with E-state index in [1.54, 1.807) is 18.3 Å². The Bertz CT molecular complexity index is 1440. The molecular weight excluding hydrogens is 466 g/mol. The minimum Gasteiger partial charge on any atom is -0.454 e. The Morgan fingerprint density at radius 3 is 2.71 bits per heavy atom. The number of anilines is 1. The number of aromatic nitrogens is 2. The maximum absolute atomic E-state index is 11.4. The van der Waals surface area contributed by atoms with Gasteiger partial charge in [0, 0.05) is 42.0 Å². The number of benzene rings is 2. The average molecular weight is 486 g/mol. The Kier molecular flexibility index (Phi) is 5.07. The zero-order chi connectivity index (χ0) is 23.9. The lowest BCUT2D eigenvalue weighted by atomic mass is 10.0. The predicted molar refractivity (Wildman–Crippen MR) is 133 cm³/mol. The Hall–Kier alpha value is -4.44. The Morgan fingerprint density at radius 1 is 1.00 bits per heavy atom. The highest BCUT2D eigenvalue weighted by atomic mass is 32.1. The number of hydrogen-bond donors (Lipinski definition) is 1. The summed E-state index contributed by atoms with van der Waals surface area (Å²) < 4.78 is 13.0. The third kappa shape index (κ3) is 3.64. The first-order valence-corrected chi connectivity index (χ1v) is 11.3. The van der Waals surface area contributed by atoms with Crippen molar-refractivity contribution < 1.29 is 14.4 Å². The maximum Gasteiger partial charge on any atom is 0.271 e. The fourth-order valence-electron chi connectivity index (χ4n) is 4.60. The molecule has 0 saturated carbocycles. The van der Waals surface area contributed by atoms with E-state index in [1.165, 1.54) is 6.07 Å². The van der Waals surface area contributed by atoms with Crippen LogP contribution >= 0.6 is 12.2 Å². The Balaban J connectivity index is 1.50. The molecule has 6 rings (SSSR count). The van der Waals surface area contributed by atoms with Crippen LogP contribution in [-0.4, -0.2) is 26.4 Å². The zero-order valence-corrected chi connectivity index (χ0v) is 19.1. The molecule has 9 nitrogen and oxygen atoms in total. The van der Waals surface area contributed by atoms with Gasteiger partial charge < -0.3 is 24.3 Å². The molecule has 1 N–H and O–H groups in total. The van der Waals surface area contributed by atoms with E-state index in [4.69, 9.17) is 21.7 Å². The number of rotatable bonds is 5. The van der Waals surface area contributed by atoms with Crippen LogP contribution in [0.5, 0.6) is 11.5 Å². The SMILES string of the molecule is O=[N+]([O-])c1cccc(-n2cccc2[C@@H]2[C@@H](c3ccccn3)NC(=S)N2c2ccc3c(c2)OCO3)c1. The monoisotopic (exact) mass is 485 g/mol. The average Bonchev–Trinajstić information content (AvgIpc) is 3.62. The number of thiocarbonyl (C=S) groups is 1. The normalized spacial score (nSPS) is 18.5. The van der Waals surface area contributed by atoms with E-state index >= 15 is 0 Å². The molecule has 4 aromatic rings. The highest BCUT2D eigenvalue weighted by Crippen LogP contribution is 2.45. The van der Waals surface area contributed by atoms with Gasteiger partial charge in [-0.25, -0.2) is 0 Å². The van der Waals surface area contributed by atoms with Crippen molar-refractivity contribution >= 4 is 28.7 Å². The Labute approximate surface area is 205 Å². The summed E-state index contributed by atoms with van der Waals surface area (Å²) in [5.74, 6) is 1.34. The molecule has 0 radical (unpaired) electrons. The number of nitro benzene ring substituents is 1. The molecule has 2 atom stereocenters. The molecule has 35 heavy (non-hydrogen) atoms. The molecule has 0 aliphatic carbocycles. The van der Waals surface area contributed by atoms with E-state index in [0.29, 0.717) is 22.3 Å². The van der Waals surface area contributed by atoms with Crippen LogP contribution in [0.25, 0.3) is 5.69 Å². The summed E-state index contributed by atoms with van der Waals surface area (Å²) in [5, 5.41) is 15.4. The molecule has 2 aliphatic rings. The molecule has 1 saturated heterocycles. The van der Waals surface area contributed by atoms with Crippen LogP contribution in [0.4, 0.5) is 11.4 Å². The van der Waals surface area contributed by atoms with Gasteiger partial charge in [-0.15, -0.1) is 0 Å². The molecule has 0 unspecified atom stereocenters. The molecule has 174 valence electrons. The van der Waals surface area contributed by atoms with Crippen molar-refractivity contribution in [3.63, 3.8) is 0 Å². The third-order valence-corrected chi connectivity index (χ3v) is 6.45. The summed E-state index contributed by atoms with van der Waals surface area (Å²) in [6, 6.07) is 21.4. The van der Waals surface area contributed by atoms with E-state index < -0.39 is 4.92 Å². The van der Waals surface area contributed by atoms with Gasteiger partial charge in [-0.1, -0.05) is 12.1 Å². The smallest absolute Gasteiger partial charge is 0.271 e. The first-order valence-electron chi connectivity index (χ1n) is 10.9. The quantitative estimate of drug-likeness (QED) is 0.247. The van der Waals surface area contributed by atoms with Crippen molar-refractivity contribution in [2.24, 2.45) is 0 Å². The highest BCUT2D eigenvalue weighted by molar-refractivity contribution is 7.80. The van der Waals surface area contributed by atoms with E-state index in [9.17, 15) is 10.1 Å². The summed E-state index contributed by atoms with van der Waals surface area (Å²) in [6.07, 6.45) is 3.64. The number of hydrogen-bond acceptors (Lipinski definition) is 6. The van der Waals surface area contributed by atoms with Gasteiger partial charge in [-0.2, -0.15) is 0 Å². The van der Waals surface area contributed by atoms with E-state index in [-0.39, 0.29) is 24.6 Å². The maximum atomic E-state index is 11.4. The molecule has 4 heterocycles. The molecule has 0 bridgehead atoms. The second-order valence-corrected chi connectivity index (χ2v) is 8.50. The van der Waals surface area contributed by atoms with Crippen molar-refractivity contribution in [3.05, 3.63) is 107 Å². The van der Waals surface area contributed by atoms with Crippen LogP contribution < -0.4 is 19.7 Å². The fourth-order valence-corrected chi connectivity index (χ4v) is 4.94. The molecule has 2 aliphatic heterocycles. The topological polar surface area (TPSA) is 94.7 Å². The summed E-state index contributed by atoms with van der Waals surface area (Å²) in [7, 11) is 0. The highest BCUT2D eigenvalue weighted by Gasteiger charge is 2.42. The van der Waals surface area contributed by atoms with Gasteiger partial charge in [0.15, 0.2) is 16.6 Å². The van der Waals surface area contributed by atoms with Gasteiger partial charge in [0.1, 0.15) is 6.04 Å². The molecular formula is C25H19N5O4S. The van der Waals surface area contributed by atoms with E-state index in [1.807, 2.05) is 70.3 Å². The number of nitro groups is 1. The first kappa shape index (κ1) is 21.1. The second-order valence-electron chi connectivity index (χ2n) is 8.11. The van der Waals surface area contributed by atoms with Crippen molar-refractivity contribution in [1.82, 2.24) is 14.9 Å². The Morgan fingerprint density at radius 2 is 1.89 bits per heavy atom. The molecule has 0 amide bonds. The van der Waals surface area contributed by atoms with Crippen LogP contribution in [0, 0.1) is 10.1 Å². The summed E-state index contributed by atoms with van der Waals surface area (Å²) >= 11 is 5.81. The van der Waals surface area contributed by atoms with Crippen LogP contribution in [0.3, 0.4) is 0 Å². The van der Waals surface area contributed by atoms with E-state index in [2.05, 4.69) is 10.3 Å². The zero-order valence-electron chi connectivity index (χ0n) is 18.3. The minimum atomic E-state index is -0.394. The lowest BCUT2D eigenvalue weighted by molar-refractivity contribution is -0.384. The fraction of sp³-hybridized carbons (Fsp3) is 0.120. The van der Waals surface area contributed by atoms with Crippen LogP contribution in [0.15, 0.2) is 85.2 Å². The largest absolute Gasteiger partial charge is 0.454 e. The number of nitrogens with one attached hydrogen (secondary N) is 1. The van der Waals surface area contributed by atoms with Gasteiger partial charge in [-0.05, 0) is 54.7 Å². The number of fused-ring (bicyclic) bond motifs is 1. The lowest BCUT2D eigenvalue weighted by Gasteiger charge is -2.29. The summed E-state index contributed by atoms with van der Waals surface area (Å²) in [4.78, 5) is 17.6. The van der Waals surface area contributed by atoms with Crippen LogP contribution in [0.1, 0.15) is 23.5 Å². The standard InChI is InChI=1S/C25H19N5O4S/c31-30(32)18-6-3-5-16(13-18)28-12-4-8-20(28)24-23(19-7-1-2-11-26-19)27-25(35)29(24)17-9-10-21-22(14-17)34-15-33-21/h1-14,23-24H,15H2,(H,27,35)/t23-,24-/m1/s1. The summed E-state index contributed by atoms with van der Waals surface area (Å²) in [5.41, 5.74) is 3.27. The van der Waals surface area contributed by atoms with Crippen molar-refractivity contribution in [2.45, 2.75) is 12.1 Å². The van der Waals surface area contributed by atoms with Crippen molar-refractivity contribution in [2.75, 3.05) is 11.7 Å². The van der Waals surface area contributed by atoms with Gasteiger partial charge in [0.2, 0.25) is 6.79 Å². The van der Waals surface area contributed by atoms with Gasteiger partial charge >= 0.3 is 0 Å². The number of pyridine rings is 1. The summed E-state index contributed by atoms with van der Waals surface area (Å²) in [6.45, 7) is 0.178. The van der Waals surface area contributed by atoms with Crippen LogP contribution in [-0.2, 0) is 0 Å². The van der Waals surface area contributed by atoms with Crippen LogP contribution in [0.2, 0.25) is 0 Å². The molecule has 0 spiro atoms. The molecule has 10 heteroatoms. The lowest BCUT2D eigenvalue weighted by Crippen LogP contribution is -2.30. The first-order chi connectivity index (χ1) is 17.1. The molecule has 2 aromatic carbocycles. The van der Waals surface area contributed by atoms with Gasteiger partial charge in [0.25, 0.3) is 5.69 Å². The minimum absolute atomic E-state index is 0.0242. The number of nitrogens with zero attached hydrogens (tertiary/aromatic N) is 4. The second kappa shape index (κ2) is 8.41.